The van der Waals surface area contributed by atoms with Crippen molar-refractivity contribution in [1.82, 2.24) is 4.31 Å². The van der Waals surface area contributed by atoms with E-state index >= 15 is 0 Å². The van der Waals surface area contributed by atoms with Gasteiger partial charge in [-0.1, -0.05) is 0 Å². The largest absolute Gasteiger partial charge is 0.491 e. The normalized spacial score (nSPS) is 20.2. The van der Waals surface area contributed by atoms with Gasteiger partial charge in [0.1, 0.15) is 22.1 Å². The molecular weight excluding hydrogens is 428 g/mol. The quantitative estimate of drug-likeness (QED) is 0.694. The van der Waals surface area contributed by atoms with E-state index in [4.69, 9.17) is 14.2 Å². The molecule has 1 amide bonds. The second-order valence-electron chi connectivity index (χ2n) is 7.05. The highest BCUT2D eigenvalue weighted by molar-refractivity contribution is 7.89. The number of benzene rings is 1. The van der Waals surface area contributed by atoms with E-state index in [2.05, 4.69) is 5.32 Å². The Kier molecular flexibility index (Phi) is 6.69. The molecule has 1 aromatic heterocycles. The minimum atomic E-state index is -3.74. The molecule has 2 aliphatic rings. The molecule has 0 saturated carbocycles. The number of ether oxygens (including phenoxy) is 3. The van der Waals surface area contributed by atoms with Crippen molar-refractivity contribution in [3.8, 4) is 5.75 Å². The van der Waals surface area contributed by atoms with Crippen LogP contribution in [0.1, 0.15) is 22.5 Å². The Hall–Kier alpha value is -1.98. The van der Waals surface area contributed by atoms with Gasteiger partial charge in [0.2, 0.25) is 10.0 Å². The topological polar surface area (TPSA) is 94.2 Å². The Morgan fingerprint density at radius 1 is 1.17 bits per heavy atom. The van der Waals surface area contributed by atoms with Gasteiger partial charge in [-0.2, -0.15) is 4.31 Å². The lowest BCUT2D eigenvalue weighted by molar-refractivity contribution is 0.0679. The van der Waals surface area contributed by atoms with E-state index < -0.39 is 15.9 Å². The molecule has 1 aromatic carbocycles. The third kappa shape index (κ3) is 4.84. The van der Waals surface area contributed by atoms with E-state index in [1.165, 1.54) is 10.4 Å². The molecule has 2 aliphatic heterocycles. The summed E-state index contributed by atoms with van der Waals surface area (Å²) in [7, 11) is -3.74. The third-order valence-electron chi connectivity index (χ3n) is 5.00. The number of hydrogen-bond acceptors (Lipinski definition) is 7. The number of carbonyl (C=O) groups is 1. The van der Waals surface area contributed by atoms with Gasteiger partial charge in [0.25, 0.3) is 5.91 Å². The smallest absolute Gasteiger partial charge is 0.267 e. The van der Waals surface area contributed by atoms with Crippen LogP contribution in [0, 0.1) is 0 Å². The Balaban J connectivity index is 1.40. The summed E-state index contributed by atoms with van der Waals surface area (Å²) in [5.41, 5.74) is 0.563. The van der Waals surface area contributed by atoms with Crippen molar-refractivity contribution in [3.63, 3.8) is 0 Å². The molecule has 0 radical (unpaired) electrons. The fraction of sp³-hybridized carbons (Fsp3) is 0.450. The fourth-order valence-corrected chi connectivity index (χ4v) is 6.08. The van der Waals surface area contributed by atoms with Gasteiger partial charge in [0.05, 0.1) is 19.3 Å². The molecular formula is C20H24N2O6S2. The Labute approximate surface area is 179 Å². The standard InChI is InChI=1S/C20H24N2O6S2/c23-20(19-18(7-13-29-19)30(24,25)22-8-11-26-12-9-22)21-15-3-5-16(6-4-15)28-14-17-2-1-10-27-17/h3-7,13,17H,1-2,8-12,14H2,(H,21,23). The predicted octanol–water partition coefficient (Wildman–Crippen LogP) is 2.58. The number of amides is 1. The van der Waals surface area contributed by atoms with E-state index in [0.717, 1.165) is 30.8 Å². The number of thiophene rings is 1. The van der Waals surface area contributed by atoms with Crippen molar-refractivity contribution in [2.75, 3.05) is 44.8 Å². The highest BCUT2D eigenvalue weighted by Crippen LogP contribution is 2.27. The minimum Gasteiger partial charge on any atom is -0.491 e. The molecule has 0 bridgehead atoms. The van der Waals surface area contributed by atoms with Crippen molar-refractivity contribution in [3.05, 3.63) is 40.6 Å². The molecule has 10 heteroatoms. The van der Waals surface area contributed by atoms with Crippen molar-refractivity contribution in [2.45, 2.75) is 23.8 Å². The lowest BCUT2D eigenvalue weighted by atomic mass is 10.2. The average Bonchev–Trinajstić information content (AvgIpc) is 3.46. The third-order valence-corrected chi connectivity index (χ3v) is 7.98. The summed E-state index contributed by atoms with van der Waals surface area (Å²) in [6, 6.07) is 8.47. The molecule has 1 atom stereocenters. The zero-order valence-corrected chi connectivity index (χ0v) is 18.0. The van der Waals surface area contributed by atoms with Crippen LogP contribution in [0.5, 0.6) is 5.75 Å². The maximum absolute atomic E-state index is 12.9. The number of morpholine rings is 1. The molecule has 2 aromatic rings. The number of sulfonamides is 1. The summed E-state index contributed by atoms with van der Waals surface area (Å²) in [5, 5.41) is 4.38. The van der Waals surface area contributed by atoms with Gasteiger partial charge in [0, 0.05) is 25.4 Å². The average molecular weight is 453 g/mol. The van der Waals surface area contributed by atoms with Crippen LogP contribution in [0.4, 0.5) is 5.69 Å². The summed E-state index contributed by atoms with van der Waals surface area (Å²) in [6.07, 6.45) is 2.20. The van der Waals surface area contributed by atoms with Crippen LogP contribution in [0.15, 0.2) is 40.6 Å². The first-order valence-electron chi connectivity index (χ1n) is 9.85. The van der Waals surface area contributed by atoms with E-state index in [1.54, 1.807) is 29.6 Å². The Bertz CT molecular complexity index is 961. The number of carbonyl (C=O) groups excluding carboxylic acids is 1. The molecule has 30 heavy (non-hydrogen) atoms. The lowest BCUT2D eigenvalue weighted by Crippen LogP contribution is -2.41. The van der Waals surface area contributed by atoms with Crippen molar-refractivity contribution >= 4 is 33.0 Å². The van der Waals surface area contributed by atoms with Crippen LogP contribution >= 0.6 is 11.3 Å². The molecule has 0 aliphatic carbocycles. The van der Waals surface area contributed by atoms with Gasteiger partial charge in [-0.25, -0.2) is 8.42 Å². The number of rotatable bonds is 7. The maximum Gasteiger partial charge on any atom is 0.267 e. The van der Waals surface area contributed by atoms with Crippen LogP contribution < -0.4 is 10.1 Å². The summed E-state index contributed by atoms with van der Waals surface area (Å²) >= 11 is 1.11. The zero-order chi connectivity index (χ0) is 21.0. The molecule has 8 nitrogen and oxygen atoms in total. The number of hydrogen-bond donors (Lipinski definition) is 1. The van der Waals surface area contributed by atoms with Crippen LogP contribution in [-0.2, 0) is 19.5 Å². The van der Waals surface area contributed by atoms with Gasteiger partial charge in [0.15, 0.2) is 0 Å². The SMILES string of the molecule is O=C(Nc1ccc(OCC2CCCO2)cc1)c1sccc1S(=O)(=O)N1CCOCC1. The molecule has 4 rings (SSSR count). The first-order valence-corrected chi connectivity index (χ1v) is 12.2. The van der Waals surface area contributed by atoms with E-state index in [-0.39, 0.29) is 29.0 Å². The van der Waals surface area contributed by atoms with Crippen molar-refractivity contribution < 1.29 is 27.4 Å². The highest BCUT2D eigenvalue weighted by atomic mass is 32.2. The van der Waals surface area contributed by atoms with Gasteiger partial charge < -0.3 is 19.5 Å². The molecule has 3 heterocycles. The Morgan fingerprint density at radius 3 is 2.63 bits per heavy atom. The van der Waals surface area contributed by atoms with Crippen molar-refractivity contribution in [2.24, 2.45) is 0 Å². The summed E-state index contributed by atoms with van der Waals surface area (Å²) in [6.45, 7) is 2.56. The molecule has 1 N–H and O–H groups in total. The summed E-state index contributed by atoms with van der Waals surface area (Å²) in [5.74, 6) is 0.236. The minimum absolute atomic E-state index is 0.0309. The van der Waals surface area contributed by atoms with Gasteiger partial charge in [-0.3, -0.25) is 4.79 Å². The van der Waals surface area contributed by atoms with E-state index in [9.17, 15) is 13.2 Å². The van der Waals surface area contributed by atoms with Crippen LogP contribution in [-0.4, -0.2) is 64.3 Å². The monoisotopic (exact) mass is 452 g/mol. The molecule has 1 unspecified atom stereocenters. The molecule has 0 spiro atoms. The second kappa shape index (κ2) is 9.44. The maximum atomic E-state index is 12.9. The number of anilines is 1. The van der Waals surface area contributed by atoms with Crippen LogP contribution in [0.3, 0.4) is 0 Å². The highest BCUT2D eigenvalue weighted by Gasteiger charge is 2.31. The predicted molar refractivity (Wildman–Crippen MR) is 113 cm³/mol. The van der Waals surface area contributed by atoms with Gasteiger partial charge in [-0.05, 0) is 48.6 Å². The molecule has 2 fully saturated rings. The van der Waals surface area contributed by atoms with Crippen molar-refractivity contribution in [1.29, 1.82) is 0 Å². The molecule has 2 saturated heterocycles. The number of nitrogens with zero attached hydrogens (tertiary/aromatic N) is 1. The van der Waals surface area contributed by atoms with E-state index in [1.807, 2.05) is 0 Å². The van der Waals surface area contributed by atoms with E-state index in [0.29, 0.717) is 31.3 Å². The van der Waals surface area contributed by atoms with Crippen LogP contribution in [0.25, 0.3) is 0 Å². The first-order chi connectivity index (χ1) is 14.5. The fourth-order valence-electron chi connectivity index (χ4n) is 3.38. The zero-order valence-electron chi connectivity index (χ0n) is 16.4. The summed E-state index contributed by atoms with van der Waals surface area (Å²) < 4.78 is 43.7. The van der Waals surface area contributed by atoms with Crippen LogP contribution in [0.2, 0.25) is 0 Å². The molecule has 162 valence electrons. The van der Waals surface area contributed by atoms with Gasteiger partial charge >= 0.3 is 0 Å². The first kappa shape index (κ1) is 21.3. The van der Waals surface area contributed by atoms with Gasteiger partial charge in [-0.15, -0.1) is 11.3 Å². The Morgan fingerprint density at radius 2 is 1.93 bits per heavy atom. The lowest BCUT2D eigenvalue weighted by Gasteiger charge is -2.26. The second-order valence-corrected chi connectivity index (χ2v) is 9.88. The summed E-state index contributed by atoms with van der Waals surface area (Å²) in [4.78, 5) is 13.0. The number of nitrogens with one attached hydrogen (secondary N) is 1.